The number of nitrogens with zero attached hydrogens (tertiary/aromatic N) is 3. The Balaban J connectivity index is 1.47. The van der Waals surface area contributed by atoms with E-state index in [1.807, 2.05) is 35.2 Å². The third-order valence-corrected chi connectivity index (χ3v) is 4.95. The van der Waals surface area contributed by atoms with Crippen molar-refractivity contribution in [3.8, 4) is 0 Å². The van der Waals surface area contributed by atoms with E-state index < -0.39 is 0 Å². The maximum atomic E-state index is 12.8. The van der Waals surface area contributed by atoms with Crippen LogP contribution in [0.4, 0.5) is 11.5 Å². The summed E-state index contributed by atoms with van der Waals surface area (Å²) in [6.07, 6.45) is 4.99. The number of amides is 1. The lowest BCUT2D eigenvalue weighted by atomic mass is 10.00. The lowest BCUT2D eigenvalue weighted by Crippen LogP contribution is -2.36. The number of benzene rings is 2. The van der Waals surface area contributed by atoms with Crippen molar-refractivity contribution in [2.75, 3.05) is 11.9 Å². The number of nitrogens with one attached hydrogen (secondary N) is 1. The Morgan fingerprint density at radius 2 is 1.81 bits per heavy atom. The number of hydrogen-bond acceptors (Lipinski definition) is 4. The average Bonchev–Trinajstić information content (AvgIpc) is 2.74. The van der Waals surface area contributed by atoms with Crippen molar-refractivity contribution < 1.29 is 4.79 Å². The van der Waals surface area contributed by atoms with Crippen molar-refractivity contribution in [1.29, 1.82) is 0 Å². The summed E-state index contributed by atoms with van der Waals surface area (Å²) in [5, 5.41) is 3.28. The topological polar surface area (TPSA) is 58.1 Å². The van der Waals surface area contributed by atoms with Gasteiger partial charge in [-0.2, -0.15) is 0 Å². The van der Waals surface area contributed by atoms with Crippen molar-refractivity contribution >= 4 is 17.4 Å². The molecule has 1 aliphatic rings. The first-order valence-corrected chi connectivity index (χ1v) is 9.27. The summed E-state index contributed by atoms with van der Waals surface area (Å²) in [6, 6.07) is 16.4. The van der Waals surface area contributed by atoms with Gasteiger partial charge in [-0.25, -0.2) is 9.97 Å². The van der Waals surface area contributed by atoms with Crippen molar-refractivity contribution in [3.05, 3.63) is 83.3 Å². The molecular weight excluding hydrogens is 336 g/mol. The van der Waals surface area contributed by atoms with Gasteiger partial charge in [0.2, 0.25) is 0 Å². The van der Waals surface area contributed by atoms with Crippen LogP contribution in [0.25, 0.3) is 0 Å². The summed E-state index contributed by atoms with van der Waals surface area (Å²) in [4.78, 5) is 23.4. The van der Waals surface area contributed by atoms with Gasteiger partial charge in [0.25, 0.3) is 5.91 Å². The van der Waals surface area contributed by atoms with Gasteiger partial charge < -0.3 is 10.2 Å². The highest BCUT2D eigenvalue weighted by Crippen LogP contribution is 2.21. The number of fused-ring (bicyclic) bond motifs is 1. The van der Waals surface area contributed by atoms with Crippen LogP contribution in [0.2, 0.25) is 0 Å². The molecule has 0 fully saturated rings. The summed E-state index contributed by atoms with van der Waals surface area (Å²) in [7, 11) is 0. The van der Waals surface area contributed by atoms with E-state index in [4.69, 9.17) is 0 Å². The van der Waals surface area contributed by atoms with Crippen LogP contribution in [0.5, 0.6) is 0 Å². The fraction of sp³-hybridized carbons (Fsp3) is 0.227. The highest BCUT2D eigenvalue weighted by Gasteiger charge is 2.22. The Bertz CT molecular complexity index is 953. The lowest BCUT2D eigenvalue weighted by molar-refractivity contribution is 0.0728. The molecule has 0 atom stereocenters. The summed E-state index contributed by atoms with van der Waals surface area (Å²) >= 11 is 0. The van der Waals surface area contributed by atoms with Gasteiger partial charge in [0.05, 0.1) is 12.4 Å². The molecule has 0 saturated heterocycles. The standard InChI is InChI=1S/C22H22N4O/c1-2-16-7-5-6-10-19(16)25-21-14-23-20(13-24-21)22(27)26-12-11-17-8-3-4-9-18(17)15-26/h3-10,13-14H,2,11-12,15H2,1H3,(H,24,25). The zero-order valence-corrected chi connectivity index (χ0v) is 15.4. The number of para-hydroxylation sites is 1. The summed E-state index contributed by atoms with van der Waals surface area (Å²) in [6.45, 7) is 3.45. The van der Waals surface area contributed by atoms with Gasteiger partial charge in [-0.1, -0.05) is 49.4 Å². The van der Waals surface area contributed by atoms with Gasteiger partial charge in [0.15, 0.2) is 0 Å². The lowest BCUT2D eigenvalue weighted by Gasteiger charge is -2.28. The second kappa shape index (κ2) is 7.58. The third kappa shape index (κ3) is 3.67. The maximum Gasteiger partial charge on any atom is 0.274 e. The normalized spacial score (nSPS) is 13.1. The number of carbonyl (C=O) groups excluding carboxylic acids is 1. The first-order valence-electron chi connectivity index (χ1n) is 9.27. The Morgan fingerprint density at radius 1 is 1.04 bits per heavy atom. The van der Waals surface area contributed by atoms with Gasteiger partial charge in [0, 0.05) is 18.8 Å². The van der Waals surface area contributed by atoms with Crippen LogP contribution in [-0.2, 0) is 19.4 Å². The molecule has 5 nitrogen and oxygen atoms in total. The Morgan fingerprint density at radius 3 is 2.59 bits per heavy atom. The molecule has 0 bridgehead atoms. The summed E-state index contributed by atoms with van der Waals surface area (Å²) in [5.74, 6) is 0.564. The van der Waals surface area contributed by atoms with E-state index in [2.05, 4.69) is 40.4 Å². The molecule has 0 unspecified atom stereocenters. The molecule has 0 aliphatic carbocycles. The smallest absolute Gasteiger partial charge is 0.274 e. The monoisotopic (exact) mass is 358 g/mol. The zero-order chi connectivity index (χ0) is 18.6. The van der Waals surface area contributed by atoms with Crippen LogP contribution < -0.4 is 5.32 Å². The maximum absolute atomic E-state index is 12.8. The minimum absolute atomic E-state index is 0.0717. The van der Waals surface area contributed by atoms with Gasteiger partial charge in [0.1, 0.15) is 11.5 Å². The third-order valence-electron chi connectivity index (χ3n) is 4.95. The van der Waals surface area contributed by atoms with Gasteiger partial charge >= 0.3 is 0 Å². The molecule has 1 aromatic heterocycles. The fourth-order valence-electron chi connectivity index (χ4n) is 3.42. The molecule has 2 heterocycles. The fourth-order valence-corrected chi connectivity index (χ4v) is 3.42. The van der Waals surface area contributed by atoms with Crippen molar-refractivity contribution in [3.63, 3.8) is 0 Å². The predicted octanol–water partition coefficient (Wildman–Crippen LogP) is 3.98. The molecule has 27 heavy (non-hydrogen) atoms. The van der Waals surface area contributed by atoms with E-state index in [0.717, 1.165) is 18.5 Å². The van der Waals surface area contributed by atoms with Gasteiger partial charge in [-0.3, -0.25) is 4.79 Å². The Hall–Kier alpha value is -3.21. The second-order valence-electron chi connectivity index (χ2n) is 6.67. The summed E-state index contributed by atoms with van der Waals surface area (Å²) < 4.78 is 0. The van der Waals surface area contributed by atoms with E-state index in [1.54, 1.807) is 12.4 Å². The van der Waals surface area contributed by atoms with Gasteiger partial charge in [-0.15, -0.1) is 0 Å². The molecule has 1 amide bonds. The first kappa shape index (κ1) is 17.2. The molecule has 0 spiro atoms. The highest BCUT2D eigenvalue weighted by molar-refractivity contribution is 5.92. The van der Waals surface area contributed by atoms with Crippen molar-refractivity contribution in [2.45, 2.75) is 26.3 Å². The zero-order valence-electron chi connectivity index (χ0n) is 15.4. The summed E-state index contributed by atoms with van der Waals surface area (Å²) in [5.41, 5.74) is 5.14. The van der Waals surface area contributed by atoms with Crippen LogP contribution >= 0.6 is 0 Å². The molecule has 136 valence electrons. The second-order valence-corrected chi connectivity index (χ2v) is 6.67. The van der Waals surface area contributed by atoms with Gasteiger partial charge in [-0.05, 0) is 35.6 Å². The predicted molar refractivity (Wildman–Crippen MR) is 106 cm³/mol. The van der Waals surface area contributed by atoms with E-state index in [0.29, 0.717) is 24.6 Å². The number of aromatic nitrogens is 2. The molecule has 5 heteroatoms. The molecule has 0 saturated carbocycles. The first-order chi connectivity index (χ1) is 13.2. The van der Waals surface area contributed by atoms with E-state index in [1.165, 1.54) is 16.7 Å². The van der Waals surface area contributed by atoms with Crippen molar-refractivity contribution in [2.24, 2.45) is 0 Å². The number of anilines is 2. The molecule has 4 rings (SSSR count). The van der Waals surface area contributed by atoms with Crippen LogP contribution in [-0.4, -0.2) is 27.3 Å². The number of hydrogen-bond donors (Lipinski definition) is 1. The van der Waals surface area contributed by atoms with Crippen LogP contribution in [0.1, 0.15) is 34.1 Å². The molecule has 1 aliphatic heterocycles. The van der Waals surface area contributed by atoms with E-state index in [9.17, 15) is 4.79 Å². The highest BCUT2D eigenvalue weighted by atomic mass is 16.2. The van der Waals surface area contributed by atoms with Crippen LogP contribution in [0, 0.1) is 0 Å². The van der Waals surface area contributed by atoms with E-state index in [-0.39, 0.29) is 5.91 Å². The average molecular weight is 358 g/mol. The van der Waals surface area contributed by atoms with Crippen LogP contribution in [0.3, 0.4) is 0 Å². The Labute approximate surface area is 159 Å². The minimum atomic E-state index is -0.0717. The van der Waals surface area contributed by atoms with E-state index >= 15 is 0 Å². The Kier molecular flexibility index (Phi) is 4.83. The van der Waals surface area contributed by atoms with Crippen molar-refractivity contribution in [1.82, 2.24) is 14.9 Å². The quantitative estimate of drug-likeness (QED) is 0.766. The molecular formula is C22H22N4O. The largest absolute Gasteiger partial charge is 0.339 e. The molecule has 1 N–H and O–H groups in total. The molecule has 0 radical (unpaired) electrons. The van der Waals surface area contributed by atoms with Crippen LogP contribution in [0.15, 0.2) is 60.9 Å². The number of rotatable bonds is 4. The number of aryl methyl sites for hydroxylation is 1. The molecule has 2 aromatic carbocycles. The number of carbonyl (C=O) groups is 1. The SMILES string of the molecule is CCc1ccccc1Nc1cnc(C(=O)N2CCc3ccccc3C2)cn1. The minimum Gasteiger partial charge on any atom is -0.339 e. The molecule has 3 aromatic rings.